The number of hydrazone groups is 1. The highest BCUT2D eigenvalue weighted by Crippen LogP contribution is 2.14. The molecule has 0 aliphatic carbocycles. The summed E-state index contributed by atoms with van der Waals surface area (Å²) in [6, 6.07) is 12.4. The summed E-state index contributed by atoms with van der Waals surface area (Å²) in [5.41, 5.74) is 2.97. The Bertz CT molecular complexity index is 884. The maximum absolute atomic E-state index is 13.5. The zero-order chi connectivity index (χ0) is 16.2. The van der Waals surface area contributed by atoms with Crippen molar-refractivity contribution in [3.05, 3.63) is 77.5 Å². The molecule has 1 N–H and O–H groups in total. The molecule has 23 heavy (non-hydrogen) atoms. The molecule has 1 aromatic heterocycles. The first-order valence-corrected chi connectivity index (χ1v) is 6.78. The summed E-state index contributed by atoms with van der Waals surface area (Å²) < 4.78 is 27.0. The summed E-state index contributed by atoms with van der Waals surface area (Å²) >= 11 is 0. The summed E-state index contributed by atoms with van der Waals surface area (Å²) in [6.07, 6.45) is 3.02. The summed E-state index contributed by atoms with van der Waals surface area (Å²) in [5, 5.41) is 4.62. The van der Waals surface area contributed by atoms with Crippen molar-refractivity contribution < 1.29 is 13.6 Å². The van der Waals surface area contributed by atoms with Crippen molar-refractivity contribution in [3.63, 3.8) is 0 Å². The van der Waals surface area contributed by atoms with Gasteiger partial charge in [-0.3, -0.25) is 9.78 Å². The fraction of sp³-hybridized carbons (Fsp3) is 0. The highest BCUT2D eigenvalue weighted by Gasteiger charge is 2.16. The van der Waals surface area contributed by atoms with Gasteiger partial charge < -0.3 is 0 Å². The van der Waals surface area contributed by atoms with Crippen LogP contribution in [0, 0.1) is 11.6 Å². The number of rotatable bonds is 3. The van der Waals surface area contributed by atoms with E-state index in [-0.39, 0.29) is 0 Å². The molecular weight excluding hydrogens is 300 g/mol. The van der Waals surface area contributed by atoms with E-state index < -0.39 is 23.1 Å². The number of hydrogen-bond donors (Lipinski definition) is 1. The molecule has 2 aromatic carbocycles. The first-order valence-electron chi connectivity index (χ1n) is 6.78. The average molecular weight is 311 g/mol. The summed E-state index contributed by atoms with van der Waals surface area (Å²) in [5.74, 6) is -2.82. The summed E-state index contributed by atoms with van der Waals surface area (Å²) in [7, 11) is 0. The zero-order valence-corrected chi connectivity index (χ0v) is 11.8. The molecule has 114 valence electrons. The van der Waals surface area contributed by atoms with Crippen molar-refractivity contribution in [2.24, 2.45) is 5.10 Å². The van der Waals surface area contributed by atoms with Gasteiger partial charge in [0.25, 0.3) is 5.91 Å². The van der Waals surface area contributed by atoms with Gasteiger partial charge in [-0.05, 0) is 24.3 Å². The molecule has 0 unspecified atom stereocenters. The molecule has 0 aliphatic rings. The SMILES string of the molecule is O=C(NN=Cc1ccnc2ccccc12)c1c(F)cccc1F. The second-order valence-corrected chi connectivity index (χ2v) is 4.71. The molecule has 3 aromatic rings. The Morgan fingerprint density at radius 2 is 1.78 bits per heavy atom. The predicted octanol–water partition coefficient (Wildman–Crippen LogP) is 3.28. The fourth-order valence-electron chi connectivity index (χ4n) is 2.16. The lowest BCUT2D eigenvalue weighted by atomic mass is 10.1. The van der Waals surface area contributed by atoms with Gasteiger partial charge in [-0.15, -0.1) is 0 Å². The van der Waals surface area contributed by atoms with E-state index >= 15 is 0 Å². The van der Waals surface area contributed by atoms with Gasteiger partial charge in [0, 0.05) is 17.1 Å². The summed E-state index contributed by atoms with van der Waals surface area (Å²) in [4.78, 5) is 16.0. The van der Waals surface area contributed by atoms with Gasteiger partial charge >= 0.3 is 0 Å². The van der Waals surface area contributed by atoms with E-state index in [0.717, 1.165) is 28.6 Å². The number of hydrogen-bond acceptors (Lipinski definition) is 3. The molecule has 0 saturated carbocycles. The van der Waals surface area contributed by atoms with Crippen LogP contribution in [0.25, 0.3) is 10.9 Å². The van der Waals surface area contributed by atoms with Crippen LogP contribution in [0.1, 0.15) is 15.9 Å². The topological polar surface area (TPSA) is 54.4 Å². The molecule has 0 atom stereocenters. The molecule has 4 nitrogen and oxygen atoms in total. The van der Waals surface area contributed by atoms with Crippen LogP contribution < -0.4 is 5.43 Å². The first kappa shape index (κ1) is 14.8. The largest absolute Gasteiger partial charge is 0.277 e. The number of carbonyl (C=O) groups excluding carboxylic acids is 1. The third-order valence-corrected chi connectivity index (χ3v) is 3.24. The Hall–Kier alpha value is -3.15. The van der Waals surface area contributed by atoms with Crippen LogP contribution in [-0.2, 0) is 0 Å². The van der Waals surface area contributed by atoms with E-state index in [1.807, 2.05) is 24.3 Å². The highest BCUT2D eigenvalue weighted by atomic mass is 19.1. The lowest BCUT2D eigenvalue weighted by Crippen LogP contribution is -2.20. The minimum Gasteiger partial charge on any atom is -0.267 e. The lowest BCUT2D eigenvalue weighted by molar-refractivity contribution is 0.0946. The quantitative estimate of drug-likeness (QED) is 0.596. The number of para-hydroxylation sites is 1. The van der Waals surface area contributed by atoms with Gasteiger partial charge in [0.2, 0.25) is 0 Å². The van der Waals surface area contributed by atoms with Crippen LogP contribution in [0.2, 0.25) is 0 Å². The Balaban J connectivity index is 1.82. The van der Waals surface area contributed by atoms with Crippen molar-refractivity contribution in [1.82, 2.24) is 10.4 Å². The Morgan fingerprint density at radius 1 is 1.04 bits per heavy atom. The first-order chi connectivity index (χ1) is 11.2. The van der Waals surface area contributed by atoms with Crippen molar-refractivity contribution in [2.45, 2.75) is 0 Å². The van der Waals surface area contributed by atoms with Gasteiger partial charge in [0.1, 0.15) is 17.2 Å². The lowest BCUT2D eigenvalue weighted by Gasteiger charge is -2.03. The van der Waals surface area contributed by atoms with Gasteiger partial charge in [0.05, 0.1) is 11.7 Å². The van der Waals surface area contributed by atoms with E-state index in [0.29, 0.717) is 0 Å². The van der Waals surface area contributed by atoms with Crippen molar-refractivity contribution in [1.29, 1.82) is 0 Å². The van der Waals surface area contributed by atoms with Crippen LogP contribution in [0.15, 0.2) is 59.8 Å². The predicted molar refractivity (Wildman–Crippen MR) is 83.2 cm³/mol. The van der Waals surface area contributed by atoms with Crippen LogP contribution in [0.5, 0.6) is 0 Å². The molecule has 1 amide bonds. The van der Waals surface area contributed by atoms with Crippen molar-refractivity contribution >= 4 is 23.0 Å². The van der Waals surface area contributed by atoms with E-state index in [9.17, 15) is 13.6 Å². The number of amides is 1. The Kier molecular flexibility index (Phi) is 4.05. The molecule has 0 bridgehead atoms. The molecule has 6 heteroatoms. The van der Waals surface area contributed by atoms with E-state index in [1.165, 1.54) is 12.3 Å². The van der Waals surface area contributed by atoms with E-state index in [1.54, 1.807) is 12.3 Å². The van der Waals surface area contributed by atoms with Gasteiger partial charge in [0.15, 0.2) is 0 Å². The van der Waals surface area contributed by atoms with Gasteiger partial charge in [-0.1, -0.05) is 24.3 Å². The molecule has 0 spiro atoms. The zero-order valence-electron chi connectivity index (χ0n) is 11.8. The van der Waals surface area contributed by atoms with E-state index in [2.05, 4.69) is 15.5 Å². The number of nitrogens with zero attached hydrogens (tertiary/aromatic N) is 2. The minimum atomic E-state index is -0.949. The second-order valence-electron chi connectivity index (χ2n) is 4.71. The molecule has 0 radical (unpaired) electrons. The number of pyridine rings is 1. The molecular formula is C17H11F2N3O. The smallest absolute Gasteiger partial charge is 0.267 e. The Morgan fingerprint density at radius 3 is 2.57 bits per heavy atom. The molecule has 3 rings (SSSR count). The van der Waals surface area contributed by atoms with Crippen molar-refractivity contribution in [3.8, 4) is 0 Å². The van der Waals surface area contributed by atoms with Gasteiger partial charge in [-0.25, -0.2) is 14.2 Å². The normalized spacial score (nSPS) is 11.0. The average Bonchev–Trinajstić information content (AvgIpc) is 2.55. The molecule has 0 fully saturated rings. The minimum absolute atomic E-state index is 0.663. The number of fused-ring (bicyclic) bond motifs is 1. The molecule has 0 saturated heterocycles. The van der Waals surface area contributed by atoms with Gasteiger partial charge in [-0.2, -0.15) is 5.10 Å². The molecule has 1 heterocycles. The number of aromatic nitrogens is 1. The highest BCUT2D eigenvalue weighted by molar-refractivity contribution is 5.99. The maximum Gasteiger partial charge on any atom is 0.277 e. The Labute approximate surface area is 130 Å². The second kappa shape index (κ2) is 6.31. The monoisotopic (exact) mass is 311 g/mol. The van der Waals surface area contributed by atoms with Crippen LogP contribution in [-0.4, -0.2) is 17.1 Å². The third-order valence-electron chi connectivity index (χ3n) is 3.24. The maximum atomic E-state index is 13.5. The van der Waals surface area contributed by atoms with Crippen molar-refractivity contribution in [2.75, 3.05) is 0 Å². The number of nitrogens with one attached hydrogen (secondary N) is 1. The number of halogens is 2. The van der Waals surface area contributed by atoms with Crippen LogP contribution in [0.4, 0.5) is 8.78 Å². The summed E-state index contributed by atoms with van der Waals surface area (Å²) in [6.45, 7) is 0. The third kappa shape index (κ3) is 3.06. The van der Waals surface area contributed by atoms with Crippen LogP contribution >= 0.6 is 0 Å². The van der Waals surface area contributed by atoms with E-state index in [4.69, 9.17) is 0 Å². The molecule has 0 aliphatic heterocycles. The standard InChI is InChI=1S/C17H11F2N3O/c18-13-5-3-6-14(19)16(13)17(23)22-21-10-11-8-9-20-15-7-2-1-4-12(11)15/h1-10H,(H,22,23). The number of carbonyl (C=O) groups is 1. The van der Waals surface area contributed by atoms with Crippen LogP contribution in [0.3, 0.4) is 0 Å². The number of benzene rings is 2. The fourth-order valence-corrected chi connectivity index (χ4v) is 2.16.